The highest BCUT2D eigenvalue weighted by Gasteiger charge is 2.23. The second-order valence-electron chi connectivity index (χ2n) is 4.88. The molecule has 114 valence electrons. The molecule has 1 heterocycles. The molecule has 0 fully saturated rings. The van der Waals surface area contributed by atoms with Gasteiger partial charge in [0.15, 0.2) is 17.3 Å². The summed E-state index contributed by atoms with van der Waals surface area (Å²) in [6, 6.07) is 3.37. The summed E-state index contributed by atoms with van der Waals surface area (Å²) in [4.78, 5) is 23.7. The minimum absolute atomic E-state index is 0.0569. The van der Waals surface area contributed by atoms with Crippen molar-refractivity contribution in [3.05, 3.63) is 22.2 Å². The van der Waals surface area contributed by atoms with Crippen LogP contribution in [0.5, 0.6) is 11.5 Å². The molecule has 0 amide bonds. The third-order valence-electron chi connectivity index (χ3n) is 3.23. The zero-order valence-corrected chi connectivity index (χ0v) is 13.6. The number of benzene rings is 1. The van der Waals surface area contributed by atoms with Crippen molar-refractivity contribution < 1.29 is 23.8 Å². The number of carbonyl (C=O) groups is 2. The van der Waals surface area contributed by atoms with Crippen LogP contribution in [0.25, 0.3) is 0 Å². The number of ketones is 1. The minimum atomic E-state index is -0.450. The molecule has 0 saturated carbocycles. The van der Waals surface area contributed by atoms with Gasteiger partial charge < -0.3 is 14.2 Å². The first-order valence-corrected chi connectivity index (χ1v) is 7.52. The van der Waals surface area contributed by atoms with Gasteiger partial charge in [-0.1, -0.05) is 6.92 Å². The lowest BCUT2D eigenvalue weighted by molar-refractivity contribution is -0.141. The van der Waals surface area contributed by atoms with Gasteiger partial charge in [-0.15, -0.1) is 0 Å². The quantitative estimate of drug-likeness (QED) is 0.612. The number of methoxy groups -OCH3 is 1. The molecule has 5 nitrogen and oxygen atoms in total. The van der Waals surface area contributed by atoms with Crippen molar-refractivity contribution in [2.75, 3.05) is 20.3 Å². The number of carbonyl (C=O) groups excluding carboxylic acids is 2. The van der Waals surface area contributed by atoms with E-state index in [1.165, 1.54) is 7.11 Å². The normalized spacial score (nSPS) is 15.0. The topological polar surface area (TPSA) is 61.8 Å². The lowest BCUT2D eigenvalue weighted by Crippen LogP contribution is -2.16. The molecule has 1 unspecified atom stereocenters. The van der Waals surface area contributed by atoms with Gasteiger partial charge in [-0.2, -0.15) is 0 Å². The molecule has 2 rings (SSSR count). The largest absolute Gasteiger partial charge is 0.489 e. The number of halogens is 1. The molecule has 0 bridgehead atoms. The van der Waals surface area contributed by atoms with E-state index in [9.17, 15) is 9.59 Å². The van der Waals surface area contributed by atoms with Crippen molar-refractivity contribution in [1.29, 1.82) is 0 Å². The second kappa shape index (κ2) is 6.93. The van der Waals surface area contributed by atoms with Gasteiger partial charge >= 0.3 is 5.97 Å². The maximum absolute atomic E-state index is 12.4. The van der Waals surface area contributed by atoms with Gasteiger partial charge in [-0.25, -0.2) is 0 Å². The molecule has 0 saturated heterocycles. The van der Waals surface area contributed by atoms with E-state index >= 15 is 0 Å². The number of rotatable bonds is 4. The highest BCUT2D eigenvalue weighted by atomic mass is 79.9. The van der Waals surface area contributed by atoms with Crippen LogP contribution in [0.4, 0.5) is 0 Å². The first kappa shape index (κ1) is 15.8. The molecule has 0 spiro atoms. The fraction of sp³-hybridized carbons (Fsp3) is 0.467. The SMILES string of the molecule is COC(=O)CC(C)C(=O)c1cc(Br)c2c(c1)OCCCO2. The maximum Gasteiger partial charge on any atom is 0.306 e. The molecular formula is C15H17BrO5. The molecule has 6 heteroatoms. The monoisotopic (exact) mass is 356 g/mol. The number of ether oxygens (including phenoxy) is 3. The van der Waals surface area contributed by atoms with Crippen molar-refractivity contribution >= 4 is 27.7 Å². The number of fused-ring (bicyclic) bond motifs is 1. The predicted octanol–water partition coefficient (Wildman–Crippen LogP) is 2.99. The molecular weight excluding hydrogens is 340 g/mol. The molecule has 1 aliphatic heterocycles. The van der Waals surface area contributed by atoms with Crippen LogP contribution in [0.1, 0.15) is 30.1 Å². The van der Waals surface area contributed by atoms with Crippen molar-refractivity contribution in [3.8, 4) is 11.5 Å². The Balaban J connectivity index is 2.24. The van der Waals surface area contributed by atoms with E-state index in [4.69, 9.17) is 9.47 Å². The lowest BCUT2D eigenvalue weighted by Gasteiger charge is -2.13. The molecule has 1 aromatic rings. The van der Waals surface area contributed by atoms with Crippen LogP contribution in [0, 0.1) is 5.92 Å². The summed E-state index contributed by atoms with van der Waals surface area (Å²) in [7, 11) is 1.31. The Bertz CT molecular complexity index is 555. The molecule has 0 aromatic heterocycles. The summed E-state index contributed by atoms with van der Waals surface area (Å²) in [6.07, 6.45) is 0.852. The van der Waals surface area contributed by atoms with Gasteiger partial charge in [-0.05, 0) is 28.1 Å². The van der Waals surface area contributed by atoms with Crippen LogP contribution in [0.3, 0.4) is 0 Å². The lowest BCUT2D eigenvalue weighted by atomic mass is 9.96. The standard InChI is InChI=1S/C15H17BrO5/c1-9(6-13(17)19-2)14(18)10-7-11(16)15-12(8-10)20-4-3-5-21-15/h7-9H,3-6H2,1-2H3. The zero-order chi connectivity index (χ0) is 15.4. The molecule has 1 aromatic carbocycles. The Morgan fingerprint density at radius 1 is 1.33 bits per heavy atom. The highest BCUT2D eigenvalue weighted by molar-refractivity contribution is 9.10. The Morgan fingerprint density at radius 3 is 2.76 bits per heavy atom. The predicted molar refractivity (Wildman–Crippen MR) is 79.9 cm³/mol. The van der Waals surface area contributed by atoms with Crippen LogP contribution in [0.15, 0.2) is 16.6 Å². The van der Waals surface area contributed by atoms with Gasteiger partial charge in [0.25, 0.3) is 0 Å². The van der Waals surface area contributed by atoms with E-state index in [-0.39, 0.29) is 12.2 Å². The van der Waals surface area contributed by atoms with Crippen LogP contribution in [-0.2, 0) is 9.53 Å². The van der Waals surface area contributed by atoms with Crippen molar-refractivity contribution in [1.82, 2.24) is 0 Å². The minimum Gasteiger partial charge on any atom is -0.489 e. The maximum atomic E-state index is 12.4. The van der Waals surface area contributed by atoms with Crippen molar-refractivity contribution in [2.45, 2.75) is 19.8 Å². The summed E-state index contributed by atoms with van der Waals surface area (Å²) in [5.74, 6) is 0.190. The number of hydrogen-bond donors (Lipinski definition) is 0. The van der Waals surface area contributed by atoms with Gasteiger partial charge in [0.2, 0.25) is 0 Å². The fourth-order valence-electron chi connectivity index (χ4n) is 2.08. The Labute approximate surface area is 131 Å². The summed E-state index contributed by atoms with van der Waals surface area (Å²) >= 11 is 3.40. The molecule has 1 aliphatic rings. The summed E-state index contributed by atoms with van der Waals surface area (Å²) in [5.41, 5.74) is 0.488. The smallest absolute Gasteiger partial charge is 0.306 e. The van der Waals surface area contributed by atoms with Crippen LogP contribution in [-0.4, -0.2) is 32.1 Å². The third kappa shape index (κ3) is 3.75. The molecule has 0 radical (unpaired) electrons. The van der Waals surface area contributed by atoms with E-state index < -0.39 is 11.9 Å². The van der Waals surface area contributed by atoms with E-state index in [0.29, 0.717) is 34.7 Å². The third-order valence-corrected chi connectivity index (χ3v) is 3.82. The molecule has 21 heavy (non-hydrogen) atoms. The molecule has 0 N–H and O–H groups in total. The van der Waals surface area contributed by atoms with Crippen LogP contribution >= 0.6 is 15.9 Å². The van der Waals surface area contributed by atoms with E-state index in [1.807, 2.05) is 0 Å². The van der Waals surface area contributed by atoms with Gasteiger partial charge in [0.05, 0.1) is 31.2 Å². The van der Waals surface area contributed by atoms with Gasteiger partial charge in [0.1, 0.15) is 0 Å². The first-order valence-electron chi connectivity index (χ1n) is 6.73. The van der Waals surface area contributed by atoms with E-state index in [2.05, 4.69) is 20.7 Å². The Kier molecular flexibility index (Phi) is 5.22. The van der Waals surface area contributed by atoms with Crippen LogP contribution < -0.4 is 9.47 Å². The Hall–Kier alpha value is -1.56. The number of hydrogen-bond acceptors (Lipinski definition) is 5. The summed E-state index contributed by atoms with van der Waals surface area (Å²) in [6.45, 7) is 2.84. The number of esters is 1. The van der Waals surface area contributed by atoms with E-state index in [1.54, 1.807) is 19.1 Å². The summed E-state index contributed by atoms with van der Waals surface area (Å²) < 4.78 is 16.5. The van der Waals surface area contributed by atoms with Crippen molar-refractivity contribution in [3.63, 3.8) is 0 Å². The zero-order valence-electron chi connectivity index (χ0n) is 12.0. The van der Waals surface area contributed by atoms with Crippen LogP contribution in [0.2, 0.25) is 0 Å². The average molecular weight is 357 g/mol. The second-order valence-corrected chi connectivity index (χ2v) is 5.74. The molecule has 1 atom stereocenters. The Morgan fingerprint density at radius 2 is 2.05 bits per heavy atom. The number of Topliss-reactive ketones (excluding diaryl/α,β-unsaturated/α-hetero) is 1. The summed E-state index contributed by atoms with van der Waals surface area (Å²) in [5, 5.41) is 0. The highest BCUT2D eigenvalue weighted by Crippen LogP contribution is 2.38. The first-order chi connectivity index (χ1) is 10.0. The van der Waals surface area contributed by atoms with Gasteiger partial charge in [-0.3, -0.25) is 9.59 Å². The molecule has 0 aliphatic carbocycles. The average Bonchev–Trinajstić information content (AvgIpc) is 2.71. The fourth-order valence-corrected chi connectivity index (χ4v) is 2.64. The van der Waals surface area contributed by atoms with Crippen molar-refractivity contribution in [2.24, 2.45) is 5.92 Å². The van der Waals surface area contributed by atoms with E-state index in [0.717, 1.165) is 6.42 Å². The van der Waals surface area contributed by atoms with Gasteiger partial charge in [0, 0.05) is 17.9 Å².